The summed E-state index contributed by atoms with van der Waals surface area (Å²) in [5, 5.41) is 8.96. The van der Waals surface area contributed by atoms with Crippen molar-refractivity contribution in [2.24, 2.45) is 0 Å². The molecule has 0 saturated heterocycles. The predicted octanol–water partition coefficient (Wildman–Crippen LogP) is 2.26. The van der Waals surface area contributed by atoms with E-state index in [1.165, 1.54) is 13.1 Å². The second-order valence-corrected chi connectivity index (χ2v) is 4.45. The van der Waals surface area contributed by atoms with Gasteiger partial charge in [0, 0.05) is 17.1 Å². The summed E-state index contributed by atoms with van der Waals surface area (Å²) >= 11 is 9.04. The van der Waals surface area contributed by atoms with E-state index in [9.17, 15) is 9.59 Å². The van der Waals surface area contributed by atoms with Crippen LogP contribution in [-0.2, 0) is 4.79 Å². The number of nitrogens with zero attached hydrogens (tertiary/aromatic N) is 1. The molecule has 6 heteroatoms. The maximum Gasteiger partial charge on any atom is 0.323 e. The van der Waals surface area contributed by atoms with Crippen LogP contribution in [0.5, 0.6) is 0 Å². The first kappa shape index (κ1) is 13.0. The quantitative estimate of drug-likeness (QED) is 0.932. The van der Waals surface area contributed by atoms with E-state index in [4.69, 9.17) is 16.7 Å². The van der Waals surface area contributed by atoms with Crippen LogP contribution in [0.1, 0.15) is 10.4 Å². The smallest absolute Gasteiger partial charge is 0.323 e. The number of aliphatic carboxylic acids is 1. The molecule has 1 aromatic rings. The van der Waals surface area contributed by atoms with Gasteiger partial charge in [-0.05, 0) is 34.1 Å². The van der Waals surface area contributed by atoms with Crippen molar-refractivity contribution in [2.45, 2.75) is 0 Å². The molecule has 0 spiro atoms. The second kappa shape index (κ2) is 5.32. The number of amides is 1. The molecule has 0 bridgehead atoms. The van der Waals surface area contributed by atoms with Gasteiger partial charge in [0.05, 0.1) is 5.02 Å². The summed E-state index contributed by atoms with van der Waals surface area (Å²) in [6, 6.07) is 4.72. The zero-order valence-electron chi connectivity index (χ0n) is 8.41. The summed E-state index contributed by atoms with van der Waals surface area (Å²) in [7, 11) is 1.42. The Balaban J connectivity index is 2.88. The summed E-state index contributed by atoms with van der Waals surface area (Å²) in [4.78, 5) is 23.3. The van der Waals surface area contributed by atoms with E-state index >= 15 is 0 Å². The molecule has 86 valence electrons. The van der Waals surface area contributed by atoms with Crippen LogP contribution in [0.4, 0.5) is 0 Å². The number of carbonyl (C=O) groups is 2. The number of hydrogen-bond acceptors (Lipinski definition) is 2. The average Bonchev–Trinajstić information content (AvgIpc) is 2.20. The molecule has 0 heterocycles. The highest BCUT2D eigenvalue weighted by molar-refractivity contribution is 9.10. The standard InChI is InChI=1S/C10H9BrClNO3/c1-13(5-9(14)15)10(16)6-2-3-7(11)8(12)4-6/h2-4H,5H2,1H3,(H,14,15). The Morgan fingerprint density at radius 3 is 2.62 bits per heavy atom. The van der Waals surface area contributed by atoms with Crippen molar-refractivity contribution >= 4 is 39.4 Å². The van der Waals surface area contributed by atoms with Crippen molar-refractivity contribution in [3.05, 3.63) is 33.3 Å². The number of likely N-dealkylation sites (N-methyl/N-ethyl adjacent to an activating group) is 1. The number of benzene rings is 1. The fourth-order valence-electron chi connectivity index (χ4n) is 1.12. The van der Waals surface area contributed by atoms with Gasteiger partial charge in [0.2, 0.25) is 0 Å². The van der Waals surface area contributed by atoms with E-state index in [1.807, 2.05) is 0 Å². The van der Waals surface area contributed by atoms with Crippen LogP contribution >= 0.6 is 27.5 Å². The molecule has 0 aliphatic heterocycles. The summed E-state index contributed by atoms with van der Waals surface area (Å²) in [6.45, 7) is -0.341. The Hall–Kier alpha value is -1.07. The number of rotatable bonds is 3. The van der Waals surface area contributed by atoms with Gasteiger partial charge in [0.25, 0.3) is 5.91 Å². The Morgan fingerprint density at radius 2 is 2.12 bits per heavy atom. The lowest BCUT2D eigenvalue weighted by Gasteiger charge is -2.14. The van der Waals surface area contributed by atoms with Gasteiger partial charge in [-0.3, -0.25) is 9.59 Å². The number of hydrogen-bond donors (Lipinski definition) is 1. The SMILES string of the molecule is CN(CC(=O)O)C(=O)c1ccc(Br)c(Cl)c1. The molecule has 0 atom stereocenters. The number of halogens is 2. The topological polar surface area (TPSA) is 57.6 Å². The monoisotopic (exact) mass is 305 g/mol. The minimum atomic E-state index is -1.06. The van der Waals surface area contributed by atoms with Crippen molar-refractivity contribution in [1.82, 2.24) is 4.90 Å². The van der Waals surface area contributed by atoms with Gasteiger partial charge in [-0.1, -0.05) is 11.6 Å². The fourth-order valence-corrected chi connectivity index (χ4v) is 1.55. The Labute approximate surface area is 106 Å². The zero-order chi connectivity index (χ0) is 12.3. The Kier molecular flexibility index (Phi) is 4.32. The molecule has 1 N–H and O–H groups in total. The van der Waals surface area contributed by atoms with Crippen LogP contribution < -0.4 is 0 Å². The molecule has 0 fully saturated rings. The Morgan fingerprint density at radius 1 is 1.50 bits per heavy atom. The van der Waals surface area contributed by atoms with Gasteiger partial charge in [-0.15, -0.1) is 0 Å². The van der Waals surface area contributed by atoms with Crippen LogP contribution in [0.2, 0.25) is 5.02 Å². The lowest BCUT2D eigenvalue weighted by molar-refractivity contribution is -0.137. The van der Waals surface area contributed by atoms with E-state index in [2.05, 4.69) is 15.9 Å². The van der Waals surface area contributed by atoms with E-state index in [0.717, 1.165) is 4.90 Å². The van der Waals surface area contributed by atoms with E-state index in [0.29, 0.717) is 15.1 Å². The van der Waals surface area contributed by atoms with E-state index in [-0.39, 0.29) is 12.5 Å². The molecule has 1 rings (SSSR count). The molecule has 0 aliphatic rings. The van der Waals surface area contributed by atoms with Gasteiger partial charge < -0.3 is 10.0 Å². The molecule has 0 aliphatic carbocycles. The zero-order valence-corrected chi connectivity index (χ0v) is 10.7. The summed E-state index contributed by atoms with van der Waals surface area (Å²) < 4.78 is 0.687. The highest BCUT2D eigenvalue weighted by Gasteiger charge is 2.15. The third kappa shape index (κ3) is 3.21. The van der Waals surface area contributed by atoms with Crippen molar-refractivity contribution in [2.75, 3.05) is 13.6 Å². The van der Waals surface area contributed by atoms with E-state index in [1.54, 1.807) is 12.1 Å². The maximum atomic E-state index is 11.7. The number of carboxylic acids is 1. The molecule has 1 amide bonds. The lowest BCUT2D eigenvalue weighted by atomic mass is 10.2. The van der Waals surface area contributed by atoms with Crippen LogP contribution in [0.3, 0.4) is 0 Å². The van der Waals surface area contributed by atoms with Gasteiger partial charge in [0.15, 0.2) is 0 Å². The van der Waals surface area contributed by atoms with Crippen LogP contribution in [0.15, 0.2) is 22.7 Å². The fraction of sp³-hybridized carbons (Fsp3) is 0.200. The predicted molar refractivity (Wildman–Crippen MR) is 63.7 cm³/mol. The third-order valence-corrected chi connectivity index (χ3v) is 3.12. The van der Waals surface area contributed by atoms with Crippen molar-refractivity contribution < 1.29 is 14.7 Å². The summed E-state index contributed by atoms with van der Waals surface area (Å²) in [5.41, 5.74) is 0.358. The third-order valence-electron chi connectivity index (χ3n) is 1.89. The van der Waals surface area contributed by atoms with Crippen molar-refractivity contribution in [1.29, 1.82) is 0 Å². The molecular formula is C10H9BrClNO3. The molecule has 1 aromatic carbocycles. The highest BCUT2D eigenvalue weighted by Crippen LogP contribution is 2.23. The van der Waals surface area contributed by atoms with Gasteiger partial charge in [-0.25, -0.2) is 0 Å². The van der Waals surface area contributed by atoms with Gasteiger partial charge in [-0.2, -0.15) is 0 Å². The Bertz CT molecular complexity index is 436. The van der Waals surface area contributed by atoms with Crippen LogP contribution in [0.25, 0.3) is 0 Å². The van der Waals surface area contributed by atoms with Crippen LogP contribution in [-0.4, -0.2) is 35.5 Å². The van der Waals surface area contributed by atoms with Crippen molar-refractivity contribution in [3.63, 3.8) is 0 Å². The number of carbonyl (C=O) groups excluding carboxylic acids is 1. The second-order valence-electron chi connectivity index (χ2n) is 3.18. The van der Waals surface area contributed by atoms with Gasteiger partial charge >= 0.3 is 5.97 Å². The highest BCUT2D eigenvalue weighted by atomic mass is 79.9. The molecule has 16 heavy (non-hydrogen) atoms. The first-order chi connectivity index (χ1) is 7.41. The molecular weight excluding hydrogens is 297 g/mol. The molecule has 0 aromatic heterocycles. The molecule has 4 nitrogen and oxygen atoms in total. The average molecular weight is 307 g/mol. The van der Waals surface area contributed by atoms with Crippen LogP contribution in [0, 0.1) is 0 Å². The molecule has 0 unspecified atom stereocenters. The van der Waals surface area contributed by atoms with E-state index < -0.39 is 5.97 Å². The first-order valence-corrected chi connectivity index (χ1v) is 5.51. The largest absolute Gasteiger partial charge is 0.480 e. The summed E-state index contributed by atoms with van der Waals surface area (Å²) in [6.07, 6.45) is 0. The molecule has 0 saturated carbocycles. The summed E-state index contributed by atoms with van der Waals surface area (Å²) in [5.74, 6) is -1.43. The first-order valence-electron chi connectivity index (χ1n) is 4.34. The minimum Gasteiger partial charge on any atom is -0.480 e. The lowest BCUT2D eigenvalue weighted by Crippen LogP contribution is -2.31. The van der Waals surface area contributed by atoms with Gasteiger partial charge in [0.1, 0.15) is 6.54 Å². The molecule has 0 radical (unpaired) electrons. The number of carboxylic acid groups (broad SMARTS) is 1. The van der Waals surface area contributed by atoms with Crippen molar-refractivity contribution in [3.8, 4) is 0 Å². The normalized spacial score (nSPS) is 9.94. The maximum absolute atomic E-state index is 11.7. The minimum absolute atomic E-state index is 0.341.